The van der Waals surface area contributed by atoms with Gasteiger partial charge in [-0.15, -0.1) is 5.73 Å². The predicted molar refractivity (Wildman–Crippen MR) is 115 cm³/mol. The molecule has 1 aliphatic heterocycles. The van der Waals surface area contributed by atoms with E-state index in [2.05, 4.69) is 54.6 Å². The smallest absolute Gasteiger partial charge is 0.309 e. The largest absolute Gasteiger partial charge is 0.469 e. The number of rotatable bonds is 2. The van der Waals surface area contributed by atoms with Crippen LogP contribution in [0.3, 0.4) is 0 Å². The van der Waals surface area contributed by atoms with Gasteiger partial charge in [0.15, 0.2) is 0 Å². The molecule has 0 saturated carbocycles. The highest BCUT2D eigenvalue weighted by atomic mass is 32.2. The Kier molecular flexibility index (Phi) is 6.44. The van der Waals surface area contributed by atoms with Crippen molar-refractivity contribution in [2.24, 2.45) is 0 Å². The molecule has 0 amide bonds. The Labute approximate surface area is 165 Å². The van der Waals surface area contributed by atoms with Crippen molar-refractivity contribution in [3.63, 3.8) is 0 Å². The molecule has 1 heterocycles. The highest BCUT2D eigenvalue weighted by Crippen LogP contribution is 2.33. The van der Waals surface area contributed by atoms with Gasteiger partial charge in [0.1, 0.15) is 0 Å². The van der Waals surface area contributed by atoms with Crippen molar-refractivity contribution in [1.29, 1.82) is 0 Å². The van der Waals surface area contributed by atoms with E-state index in [1.54, 1.807) is 0 Å². The molecule has 0 spiro atoms. The minimum absolute atomic E-state index is 0.223. The number of benzene rings is 1. The maximum atomic E-state index is 11.7. The van der Waals surface area contributed by atoms with Crippen LogP contribution in [0.25, 0.3) is 5.57 Å². The van der Waals surface area contributed by atoms with Gasteiger partial charge in [0, 0.05) is 36.3 Å². The molecule has 0 radical (unpaired) electrons. The van der Waals surface area contributed by atoms with Crippen molar-refractivity contribution in [2.45, 2.75) is 12.8 Å². The van der Waals surface area contributed by atoms with Crippen LogP contribution in [0.1, 0.15) is 17.5 Å². The number of nitrogens with zero attached hydrogens (tertiary/aromatic N) is 1. The van der Waals surface area contributed by atoms with E-state index in [9.17, 15) is 4.79 Å². The van der Waals surface area contributed by atoms with Crippen LogP contribution in [0.15, 0.2) is 66.0 Å². The molecule has 1 aliphatic carbocycles. The molecule has 1 aromatic carbocycles. The number of ether oxygens (including phenoxy) is 1. The second kappa shape index (κ2) is 8.98. The molecule has 3 nitrogen and oxygen atoms in total. The van der Waals surface area contributed by atoms with Gasteiger partial charge in [-0.25, -0.2) is 0 Å². The Morgan fingerprint density at radius 3 is 3.04 bits per heavy atom. The van der Waals surface area contributed by atoms with E-state index in [4.69, 9.17) is 4.74 Å². The van der Waals surface area contributed by atoms with Crippen LogP contribution in [0.2, 0.25) is 0 Å². The number of esters is 1. The number of anilines is 1. The predicted octanol–water partition coefficient (Wildman–Crippen LogP) is 4.57. The third kappa shape index (κ3) is 4.85. The zero-order valence-electron chi connectivity index (χ0n) is 16.0. The maximum Gasteiger partial charge on any atom is 0.309 e. The molecule has 2 aliphatic rings. The first-order valence-electron chi connectivity index (χ1n) is 9.03. The summed E-state index contributed by atoms with van der Waals surface area (Å²) < 4.78 is 4.81. The Hall–Kier alpha value is -2.42. The van der Waals surface area contributed by atoms with E-state index in [1.807, 2.05) is 23.9 Å². The zero-order valence-corrected chi connectivity index (χ0v) is 16.8. The van der Waals surface area contributed by atoms with Crippen LogP contribution in [0, 0.1) is 0 Å². The second-order valence-electron chi connectivity index (χ2n) is 6.80. The summed E-state index contributed by atoms with van der Waals surface area (Å²) in [5.41, 5.74) is 10.3. The number of carbonyl (C=O) groups excluding carboxylic acids is 1. The van der Waals surface area contributed by atoms with Gasteiger partial charge in [0.25, 0.3) is 0 Å². The third-order valence-corrected chi connectivity index (χ3v) is 5.86. The lowest BCUT2D eigenvalue weighted by molar-refractivity contribution is -0.139. The number of likely N-dealkylation sites (N-methyl/N-ethyl adjacent to an activating group) is 1. The molecule has 1 aromatic rings. The SMILES string of the molecule is C=C1CSC/C2=C(/C/C=C\C=C=C2)CN(C)c2ccc(CC(=O)OC)cc21. The number of carbonyl (C=O) groups is 1. The monoisotopic (exact) mass is 379 g/mol. The van der Waals surface area contributed by atoms with Gasteiger partial charge in [0.2, 0.25) is 0 Å². The topological polar surface area (TPSA) is 29.5 Å². The molecule has 3 rings (SSSR count). The van der Waals surface area contributed by atoms with Crippen LogP contribution >= 0.6 is 11.8 Å². The van der Waals surface area contributed by atoms with Gasteiger partial charge < -0.3 is 9.64 Å². The fourth-order valence-corrected chi connectivity index (χ4v) is 4.32. The van der Waals surface area contributed by atoms with Crippen molar-refractivity contribution in [3.05, 3.63) is 77.1 Å². The average molecular weight is 380 g/mol. The van der Waals surface area contributed by atoms with Crippen LogP contribution in [-0.2, 0) is 16.0 Å². The van der Waals surface area contributed by atoms with Crippen molar-refractivity contribution in [3.8, 4) is 0 Å². The Balaban J connectivity index is 1.97. The molecule has 0 fully saturated rings. The summed E-state index contributed by atoms with van der Waals surface area (Å²) in [6, 6.07) is 6.19. The van der Waals surface area contributed by atoms with Gasteiger partial charge >= 0.3 is 5.97 Å². The summed E-state index contributed by atoms with van der Waals surface area (Å²) in [4.78, 5) is 13.9. The van der Waals surface area contributed by atoms with Crippen LogP contribution < -0.4 is 4.90 Å². The van der Waals surface area contributed by atoms with Crippen molar-refractivity contribution in [2.75, 3.05) is 37.1 Å². The summed E-state index contributed by atoms with van der Waals surface area (Å²) in [6.07, 6.45) is 9.56. The number of hydrogen-bond donors (Lipinski definition) is 0. The fourth-order valence-electron chi connectivity index (χ4n) is 3.31. The van der Waals surface area contributed by atoms with Crippen molar-refractivity contribution in [1.82, 2.24) is 0 Å². The summed E-state index contributed by atoms with van der Waals surface area (Å²) in [5, 5.41) is 0. The lowest BCUT2D eigenvalue weighted by atomic mass is 9.99. The van der Waals surface area contributed by atoms with Crippen LogP contribution in [0.4, 0.5) is 5.69 Å². The quantitative estimate of drug-likeness (QED) is 0.556. The first kappa shape index (κ1) is 19.3. The molecule has 27 heavy (non-hydrogen) atoms. The second-order valence-corrected chi connectivity index (χ2v) is 7.78. The number of allylic oxidation sites excluding steroid dienone is 3. The van der Waals surface area contributed by atoms with Gasteiger partial charge in [0.05, 0.1) is 13.5 Å². The Bertz CT molecular complexity index is 872. The minimum Gasteiger partial charge on any atom is -0.469 e. The fraction of sp³-hybridized carbons (Fsp3) is 0.304. The normalized spacial score (nSPS) is 21.0. The van der Waals surface area contributed by atoms with E-state index >= 15 is 0 Å². The third-order valence-electron chi connectivity index (χ3n) is 4.80. The molecule has 0 atom stereocenters. The lowest BCUT2D eigenvalue weighted by Gasteiger charge is -2.27. The van der Waals surface area contributed by atoms with Crippen LogP contribution in [-0.4, -0.2) is 38.2 Å². The van der Waals surface area contributed by atoms with Crippen molar-refractivity contribution >= 4 is 29.0 Å². The first-order chi connectivity index (χ1) is 13.1. The molecule has 4 heteroatoms. The molecular formula is C23H25NO2S. The van der Waals surface area contributed by atoms with E-state index < -0.39 is 0 Å². The molecule has 140 valence electrons. The van der Waals surface area contributed by atoms with Gasteiger partial charge in [-0.05, 0) is 53.0 Å². The van der Waals surface area contributed by atoms with E-state index in [1.165, 1.54) is 18.3 Å². The van der Waals surface area contributed by atoms with Gasteiger partial charge in [-0.2, -0.15) is 11.8 Å². The van der Waals surface area contributed by atoms with E-state index in [0.717, 1.165) is 46.9 Å². The number of thioether (sulfide) groups is 1. The van der Waals surface area contributed by atoms with E-state index in [0.29, 0.717) is 0 Å². The number of methoxy groups -OCH3 is 1. The number of hydrogen-bond acceptors (Lipinski definition) is 4. The van der Waals surface area contributed by atoms with Crippen molar-refractivity contribution < 1.29 is 9.53 Å². The summed E-state index contributed by atoms with van der Waals surface area (Å²) in [6.45, 7) is 5.18. The zero-order chi connectivity index (χ0) is 19.2. The lowest BCUT2D eigenvalue weighted by Crippen LogP contribution is -2.23. The van der Waals surface area contributed by atoms with E-state index in [-0.39, 0.29) is 12.4 Å². The van der Waals surface area contributed by atoms with Gasteiger partial charge in [-0.1, -0.05) is 24.8 Å². The number of fused-ring (bicyclic) bond motifs is 1. The highest BCUT2D eigenvalue weighted by molar-refractivity contribution is 7.99. The Morgan fingerprint density at radius 2 is 2.22 bits per heavy atom. The molecule has 0 unspecified atom stereocenters. The van der Waals surface area contributed by atoms with Crippen LogP contribution in [0.5, 0.6) is 0 Å². The first-order valence-corrected chi connectivity index (χ1v) is 10.2. The molecule has 0 bridgehead atoms. The molecule has 0 saturated heterocycles. The maximum absolute atomic E-state index is 11.7. The molecule has 0 N–H and O–H groups in total. The minimum atomic E-state index is -0.223. The standard InChI is InChI=1S/C23H25NO2S/c1-17-15-27-16-20-9-7-5-4-6-8-19(20)14-24(2)22-11-10-18(12-21(17)22)13-23(25)26-3/h4-6,9-12H,1,8,13-16H2,2-3H3/b6-4-,20-19-. The highest BCUT2D eigenvalue weighted by Gasteiger charge is 2.17. The summed E-state index contributed by atoms with van der Waals surface area (Å²) >= 11 is 1.87. The molecular weight excluding hydrogens is 354 g/mol. The van der Waals surface area contributed by atoms with Gasteiger partial charge in [-0.3, -0.25) is 4.79 Å². The average Bonchev–Trinajstić information content (AvgIpc) is 2.65. The Morgan fingerprint density at radius 1 is 1.37 bits per heavy atom. The summed E-state index contributed by atoms with van der Waals surface area (Å²) in [7, 11) is 3.54. The molecule has 0 aromatic heterocycles. The summed E-state index contributed by atoms with van der Waals surface area (Å²) in [5.74, 6) is 1.58.